The fraction of sp³-hybridized carbons (Fsp3) is 0.684. The van der Waals surface area contributed by atoms with Crippen molar-refractivity contribution < 1.29 is 33.7 Å². The standard InChI is InChI=1S/C38H59FN4O6/c1-7-34(45)29(5)25-41-14-18-42(19-15-41)32-22-30(21-31(39)23-32)20-28(4)37-27(3)9-11-35(26(2)8-10-33(44)24-36(46)49-37)48-38(47)43-16-12-40(6)13-17-43/h9,11,20-23,26-27,29,33-35,37,44-45H,7-8,10,12-19,24-25H2,1-6H3/b11-9+,28-20+/t26-,27+,29?,33+,34?,35+,37+/m1/s1. The van der Waals surface area contributed by atoms with E-state index < -0.39 is 24.3 Å². The van der Waals surface area contributed by atoms with E-state index in [1.54, 1.807) is 11.0 Å². The Hall–Kier alpha value is -2.99. The minimum Gasteiger partial charge on any atom is -0.457 e. The van der Waals surface area contributed by atoms with Gasteiger partial charge in [-0.3, -0.25) is 9.69 Å². The summed E-state index contributed by atoms with van der Waals surface area (Å²) < 4.78 is 27.0. The first-order chi connectivity index (χ1) is 23.3. The second kappa shape index (κ2) is 18.3. The van der Waals surface area contributed by atoms with Crippen LogP contribution in [0.3, 0.4) is 0 Å². The molecule has 2 unspecified atom stereocenters. The Labute approximate surface area is 292 Å². The molecule has 0 radical (unpaired) electrons. The molecule has 0 spiro atoms. The first-order valence-corrected chi connectivity index (χ1v) is 18.2. The van der Waals surface area contributed by atoms with E-state index in [4.69, 9.17) is 9.47 Å². The zero-order valence-corrected chi connectivity index (χ0v) is 30.4. The molecule has 0 aromatic heterocycles. The molecule has 2 saturated heterocycles. The van der Waals surface area contributed by atoms with Gasteiger partial charge < -0.3 is 34.4 Å². The van der Waals surface area contributed by atoms with Crippen molar-refractivity contribution in [2.24, 2.45) is 17.8 Å². The van der Waals surface area contributed by atoms with Gasteiger partial charge in [-0.05, 0) is 80.5 Å². The van der Waals surface area contributed by atoms with E-state index in [2.05, 4.69) is 21.6 Å². The van der Waals surface area contributed by atoms with Crippen molar-refractivity contribution >= 4 is 23.8 Å². The topological polar surface area (TPSA) is 106 Å². The summed E-state index contributed by atoms with van der Waals surface area (Å²) >= 11 is 0. The first-order valence-electron chi connectivity index (χ1n) is 18.2. The maximum absolute atomic E-state index is 15.0. The number of aliphatic hydroxyl groups is 2. The van der Waals surface area contributed by atoms with E-state index in [0.717, 1.165) is 63.5 Å². The number of amides is 1. The Bertz CT molecular complexity index is 1290. The largest absolute Gasteiger partial charge is 0.457 e. The van der Waals surface area contributed by atoms with Gasteiger partial charge in [-0.2, -0.15) is 0 Å². The lowest BCUT2D eigenvalue weighted by atomic mass is 9.91. The molecule has 1 aromatic carbocycles. The molecule has 0 bridgehead atoms. The van der Waals surface area contributed by atoms with Gasteiger partial charge >= 0.3 is 12.1 Å². The molecular weight excluding hydrogens is 627 g/mol. The van der Waals surface area contributed by atoms with E-state index in [9.17, 15) is 19.8 Å². The van der Waals surface area contributed by atoms with Crippen molar-refractivity contribution in [3.63, 3.8) is 0 Å². The van der Waals surface area contributed by atoms with Crippen LogP contribution in [-0.4, -0.2) is 127 Å². The molecule has 10 nitrogen and oxygen atoms in total. The van der Waals surface area contributed by atoms with Gasteiger partial charge in [0.05, 0.1) is 18.6 Å². The van der Waals surface area contributed by atoms with Crippen molar-refractivity contribution in [3.8, 4) is 0 Å². The summed E-state index contributed by atoms with van der Waals surface area (Å²) in [4.78, 5) is 34.5. The number of cyclic esters (lactones) is 1. The van der Waals surface area contributed by atoms with E-state index in [-0.39, 0.29) is 42.2 Å². The van der Waals surface area contributed by atoms with E-state index in [0.29, 0.717) is 31.5 Å². The molecule has 1 aromatic rings. The number of hydrogen-bond acceptors (Lipinski definition) is 9. The van der Waals surface area contributed by atoms with Crippen LogP contribution in [0.1, 0.15) is 65.9 Å². The Balaban J connectivity index is 1.50. The number of hydrogen-bond donors (Lipinski definition) is 2. The Morgan fingerprint density at radius 2 is 1.76 bits per heavy atom. The summed E-state index contributed by atoms with van der Waals surface area (Å²) in [5, 5.41) is 20.9. The number of ether oxygens (including phenoxy) is 2. The fourth-order valence-electron chi connectivity index (χ4n) is 6.96. The van der Waals surface area contributed by atoms with Crippen LogP contribution in [0.4, 0.5) is 14.9 Å². The predicted octanol–water partition coefficient (Wildman–Crippen LogP) is 4.80. The molecule has 49 heavy (non-hydrogen) atoms. The van der Waals surface area contributed by atoms with Crippen LogP contribution in [0.25, 0.3) is 6.08 Å². The number of nitrogens with zero attached hydrogens (tertiary/aromatic N) is 4. The highest BCUT2D eigenvalue weighted by molar-refractivity contribution is 5.71. The molecule has 0 aliphatic carbocycles. The van der Waals surface area contributed by atoms with E-state index in [1.807, 2.05) is 59.0 Å². The molecule has 1 amide bonds. The van der Waals surface area contributed by atoms with Crippen molar-refractivity contribution in [1.29, 1.82) is 0 Å². The lowest BCUT2D eigenvalue weighted by Gasteiger charge is -2.38. The number of carbonyl (C=O) groups is 2. The van der Waals surface area contributed by atoms with E-state index >= 15 is 4.39 Å². The highest BCUT2D eigenvalue weighted by atomic mass is 19.1. The summed E-state index contributed by atoms with van der Waals surface area (Å²) in [5.41, 5.74) is 2.20. The van der Waals surface area contributed by atoms with E-state index in [1.165, 1.54) is 6.07 Å². The molecule has 3 aliphatic rings. The maximum atomic E-state index is 15.0. The van der Waals surface area contributed by atoms with Crippen molar-refractivity contribution in [2.45, 2.75) is 84.7 Å². The van der Waals surface area contributed by atoms with Crippen LogP contribution in [0, 0.1) is 23.6 Å². The highest BCUT2D eigenvalue weighted by Crippen LogP contribution is 2.28. The van der Waals surface area contributed by atoms with Gasteiger partial charge in [-0.25, -0.2) is 9.18 Å². The molecule has 0 saturated carbocycles. The molecule has 3 heterocycles. The number of likely N-dealkylation sites (N-methyl/N-ethyl adjacent to an activating group) is 1. The zero-order chi connectivity index (χ0) is 35.7. The third-order valence-corrected chi connectivity index (χ3v) is 10.4. The minimum atomic E-state index is -0.876. The summed E-state index contributed by atoms with van der Waals surface area (Å²) in [6, 6.07) is 5.00. The van der Waals surface area contributed by atoms with Gasteiger partial charge in [-0.1, -0.05) is 39.8 Å². The van der Waals surface area contributed by atoms with Gasteiger partial charge in [-0.15, -0.1) is 0 Å². The van der Waals surface area contributed by atoms with Crippen LogP contribution >= 0.6 is 0 Å². The summed E-state index contributed by atoms with van der Waals surface area (Å²) in [6.07, 6.45) is 4.53. The second-order valence-corrected chi connectivity index (χ2v) is 14.6. The summed E-state index contributed by atoms with van der Waals surface area (Å²) in [5.74, 6) is -0.996. The Kier molecular flexibility index (Phi) is 14.5. The summed E-state index contributed by atoms with van der Waals surface area (Å²) in [7, 11) is 2.03. The fourth-order valence-corrected chi connectivity index (χ4v) is 6.96. The maximum Gasteiger partial charge on any atom is 0.410 e. The monoisotopic (exact) mass is 686 g/mol. The first kappa shape index (κ1) is 38.8. The van der Waals surface area contributed by atoms with Gasteiger partial charge in [0.25, 0.3) is 0 Å². The lowest BCUT2D eigenvalue weighted by Crippen LogP contribution is -2.48. The highest BCUT2D eigenvalue weighted by Gasteiger charge is 2.29. The molecule has 2 N–H and O–H groups in total. The number of anilines is 1. The minimum absolute atomic E-state index is 0.0704. The summed E-state index contributed by atoms with van der Waals surface area (Å²) in [6.45, 7) is 16.7. The smallest absolute Gasteiger partial charge is 0.410 e. The normalized spacial score (nSPS) is 29.0. The lowest BCUT2D eigenvalue weighted by molar-refractivity contribution is -0.151. The van der Waals surface area contributed by atoms with Gasteiger partial charge in [0.15, 0.2) is 0 Å². The van der Waals surface area contributed by atoms with Gasteiger partial charge in [0.1, 0.15) is 18.0 Å². The Morgan fingerprint density at radius 3 is 2.43 bits per heavy atom. The van der Waals surface area contributed by atoms with Crippen molar-refractivity contribution in [2.75, 3.05) is 70.9 Å². The quantitative estimate of drug-likeness (QED) is 0.295. The SMILES string of the molecule is CCC(O)C(C)CN1CCN(c2cc(F)cc(/C=C(\C)[C@H]3OC(=O)C[C@@H](O)CC[C@@H](C)[C@@H](OC(=O)N4CCN(C)CC4)/C=C/[C@@H]3C)c2)CC1. The predicted molar refractivity (Wildman–Crippen MR) is 191 cm³/mol. The Morgan fingerprint density at radius 1 is 1.06 bits per heavy atom. The molecule has 11 heteroatoms. The van der Waals surface area contributed by atoms with Crippen molar-refractivity contribution in [1.82, 2.24) is 14.7 Å². The number of esters is 1. The molecule has 2 fully saturated rings. The number of rotatable bonds is 8. The third kappa shape index (κ3) is 11.5. The van der Waals surface area contributed by atoms with Crippen LogP contribution in [0.5, 0.6) is 0 Å². The molecule has 3 aliphatic heterocycles. The van der Waals surface area contributed by atoms with Crippen molar-refractivity contribution in [3.05, 3.63) is 47.3 Å². The average molecular weight is 687 g/mol. The number of carbonyl (C=O) groups excluding carboxylic acids is 2. The molecule has 7 atom stereocenters. The third-order valence-electron chi connectivity index (χ3n) is 10.4. The van der Waals surface area contributed by atoms with Crippen LogP contribution in [0.15, 0.2) is 35.9 Å². The van der Waals surface area contributed by atoms with Crippen LogP contribution < -0.4 is 4.90 Å². The van der Waals surface area contributed by atoms with Crippen LogP contribution in [0.2, 0.25) is 0 Å². The second-order valence-electron chi connectivity index (χ2n) is 14.6. The number of aliphatic hydroxyl groups excluding tert-OH is 2. The molecule has 4 rings (SSSR count). The molecule has 274 valence electrons. The average Bonchev–Trinajstić information content (AvgIpc) is 3.07. The number of halogens is 1. The molecular formula is C38H59FN4O6. The van der Waals surface area contributed by atoms with Gasteiger partial charge in [0, 0.05) is 70.5 Å². The zero-order valence-electron chi connectivity index (χ0n) is 30.4. The number of benzene rings is 1. The van der Waals surface area contributed by atoms with Gasteiger partial charge in [0.2, 0.25) is 0 Å². The number of piperazine rings is 2. The van der Waals surface area contributed by atoms with Crippen LogP contribution in [-0.2, 0) is 14.3 Å².